The van der Waals surface area contributed by atoms with Crippen LogP contribution >= 0.6 is 0 Å². The number of hydrogen-bond donors (Lipinski definition) is 0. The van der Waals surface area contributed by atoms with Crippen molar-refractivity contribution in [3.05, 3.63) is 66.0 Å². The van der Waals surface area contributed by atoms with Gasteiger partial charge in [-0.05, 0) is 61.4 Å². The second-order valence-corrected chi connectivity index (χ2v) is 10.0. The zero-order chi connectivity index (χ0) is 27.9. The lowest BCUT2D eigenvalue weighted by molar-refractivity contribution is 0.0489. The third-order valence-corrected chi connectivity index (χ3v) is 5.78. The van der Waals surface area contributed by atoms with E-state index in [1.807, 2.05) is 19.9 Å². The molecule has 38 heavy (non-hydrogen) atoms. The highest BCUT2D eigenvalue weighted by Gasteiger charge is 2.26. The topological polar surface area (TPSA) is 89.5 Å². The fourth-order valence-corrected chi connectivity index (χ4v) is 4.11. The van der Waals surface area contributed by atoms with Crippen molar-refractivity contribution >= 4 is 10.1 Å². The molecule has 0 amide bonds. The van der Waals surface area contributed by atoms with E-state index < -0.39 is 15.9 Å². The molecule has 0 aliphatic heterocycles. The van der Waals surface area contributed by atoms with E-state index >= 15 is 0 Å². The lowest BCUT2D eigenvalue weighted by Crippen LogP contribution is -2.09. The summed E-state index contributed by atoms with van der Waals surface area (Å²) in [6, 6.07) is 12.4. The lowest BCUT2D eigenvalue weighted by atomic mass is 9.96. The molecule has 10 heteroatoms. The minimum absolute atomic E-state index is 0.0190. The van der Waals surface area contributed by atoms with E-state index in [9.17, 15) is 12.8 Å². The van der Waals surface area contributed by atoms with E-state index in [4.69, 9.17) is 27.9 Å². The van der Waals surface area contributed by atoms with Crippen molar-refractivity contribution in [1.82, 2.24) is 0 Å². The Bertz CT molecular complexity index is 1400. The molecule has 0 fully saturated rings. The number of rotatable bonds is 12. The maximum atomic E-state index is 13.6. The van der Waals surface area contributed by atoms with Crippen LogP contribution in [0.4, 0.5) is 4.39 Å². The van der Waals surface area contributed by atoms with Crippen LogP contribution in [0.25, 0.3) is 22.3 Å². The second kappa shape index (κ2) is 12.7. The molecule has 0 radical (unpaired) electrons. The molecule has 0 saturated heterocycles. The van der Waals surface area contributed by atoms with Crippen molar-refractivity contribution in [2.75, 3.05) is 41.0 Å². The summed E-state index contributed by atoms with van der Waals surface area (Å²) in [6.07, 6.45) is 2.86. The first-order valence-electron chi connectivity index (χ1n) is 11.5. The van der Waals surface area contributed by atoms with Gasteiger partial charge in [0.05, 0.1) is 26.0 Å². The first kappa shape index (κ1) is 28.8. The summed E-state index contributed by atoms with van der Waals surface area (Å²) < 4.78 is 71.6. The standard InChI is InChI=1S/C28H31FO8S/c1-18(2)13-14-35-23-12-9-20(15-24(23)36-17-32-3)22-16-25(33-4)26(19-7-10-21(29)11-8-19)28(27(22)34-5)37-38(6,30)31/h7-13,15-16H,14,17H2,1-6H3. The summed E-state index contributed by atoms with van der Waals surface area (Å²) in [5.74, 6) is 0.766. The van der Waals surface area contributed by atoms with Gasteiger partial charge in [0.15, 0.2) is 29.8 Å². The number of hydrogen-bond acceptors (Lipinski definition) is 8. The van der Waals surface area contributed by atoms with Gasteiger partial charge in [-0.1, -0.05) is 23.8 Å². The van der Waals surface area contributed by atoms with Crippen LogP contribution in [-0.2, 0) is 14.9 Å². The molecular weight excluding hydrogens is 515 g/mol. The summed E-state index contributed by atoms with van der Waals surface area (Å²) in [5.41, 5.74) is 2.93. The van der Waals surface area contributed by atoms with E-state index in [0.717, 1.165) is 11.8 Å². The molecular formula is C28H31FO8S. The first-order valence-corrected chi connectivity index (χ1v) is 13.4. The lowest BCUT2D eigenvalue weighted by Gasteiger charge is -2.21. The van der Waals surface area contributed by atoms with Gasteiger partial charge in [0, 0.05) is 12.7 Å². The van der Waals surface area contributed by atoms with Crippen LogP contribution in [0.5, 0.6) is 28.7 Å². The molecule has 3 aromatic rings. The van der Waals surface area contributed by atoms with E-state index in [1.54, 1.807) is 24.3 Å². The largest absolute Gasteiger partial charge is 0.496 e. The molecule has 0 aliphatic carbocycles. The molecule has 8 nitrogen and oxygen atoms in total. The number of allylic oxidation sites excluding steroid dienone is 1. The van der Waals surface area contributed by atoms with Gasteiger partial charge in [0.25, 0.3) is 0 Å². The van der Waals surface area contributed by atoms with Crippen LogP contribution < -0.4 is 23.1 Å². The Kier molecular flexibility index (Phi) is 9.60. The molecule has 0 saturated carbocycles. The SMILES string of the molecule is COCOc1cc(-c2cc(OC)c(-c3ccc(F)cc3)c(OS(C)(=O)=O)c2OC)ccc1OCC=C(C)C. The highest BCUT2D eigenvalue weighted by molar-refractivity contribution is 7.86. The van der Waals surface area contributed by atoms with Gasteiger partial charge in [0.1, 0.15) is 18.2 Å². The van der Waals surface area contributed by atoms with E-state index in [2.05, 4.69) is 0 Å². The molecule has 0 unspecified atom stereocenters. The molecule has 3 aromatic carbocycles. The maximum Gasteiger partial charge on any atom is 0.306 e. The minimum atomic E-state index is -3.99. The van der Waals surface area contributed by atoms with E-state index in [0.29, 0.717) is 34.8 Å². The van der Waals surface area contributed by atoms with E-state index in [-0.39, 0.29) is 29.6 Å². The van der Waals surface area contributed by atoms with Crippen molar-refractivity contribution in [3.8, 4) is 51.0 Å². The summed E-state index contributed by atoms with van der Waals surface area (Å²) in [7, 11) is 0.349. The zero-order valence-corrected chi connectivity index (χ0v) is 23.0. The summed E-state index contributed by atoms with van der Waals surface area (Å²) in [6.45, 7) is 4.27. The quantitative estimate of drug-likeness (QED) is 0.159. The minimum Gasteiger partial charge on any atom is -0.496 e. The Morgan fingerprint density at radius 3 is 2.11 bits per heavy atom. The van der Waals surface area contributed by atoms with Crippen LogP contribution in [0.3, 0.4) is 0 Å². The smallest absolute Gasteiger partial charge is 0.306 e. The Balaban J connectivity index is 2.26. The van der Waals surface area contributed by atoms with Crippen molar-refractivity contribution in [1.29, 1.82) is 0 Å². The summed E-state index contributed by atoms with van der Waals surface area (Å²) in [5, 5.41) is 0. The summed E-state index contributed by atoms with van der Waals surface area (Å²) >= 11 is 0. The average Bonchev–Trinajstić information content (AvgIpc) is 2.87. The van der Waals surface area contributed by atoms with Crippen LogP contribution in [0.15, 0.2) is 60.2 Å². The third-order valence-electron chi connectivity index (χ3n) is 5.31. The second-order valence-electron chi connectivity index (χ2n) is 8.46. The number of ether oxygens (including phenoxy) is 5. The molecule has 0 N–H and O–H groups in total. The van der Waals surface area contributed by atoms with Gasteiger partial charge in [-0.15, -0.1) is 0 Å². The molecule has 0 bridgehead atoms. The molecule has 204 valence electrons. The Morgan fingerprint density at radius 1 is 0.842 bits per heavy atom. The monoisotopic (exact) mass is 546 g/mol. The molecule has 0 aromatic heterocycles. The molecule has 3 rings (SSSR count). The highest BCUT2D eigenvalue weighted by Crippen LogP contribution is 2.51. The Labute approximate surface area is 222 Å². The van der Waals surface area contributed by atoms with Crippen molar-refractivity contribution in [3.63, 3.8) is 0 Å². The van der Waals surface area contributed by atoms with Crippen LogP contribution in [0, 0.1) is 5.82 Å². The fraction of sp³-hybridized carbons (Fsp3) is 0.286. The highest BCUT2D eigenvalue weighted by atomic mass is 32.2. The Hall–Kier alpha value is -3.76. The third kappa shape index (κ3) is 7.17. The van der Waals surface area contributed by atoms with Crippen LogP contribution in [-0.4, -0.2) is 49.4 Å². The normalized spacial score (nSPS) is 11.0. The maximum absolute atomic E-state index is 13.6. The summed E-state index contributed by atoms with van der Waals surface area (Å²) in [4.78, 5) is 0. The number of methoxy groups -OCH3 is 3. The predicted molar refractivity (Wildman–Crippen MR) is 143 cm³/mol. The van der Waals surface area contributed by atoms with Crippen LogP contribution in [0.2, 0.25) is 0 Å². The van der Waals surface area contributed by atoms with Gasteiger partial charge >= 0.3 is 10.1 Å². The van der Waals surface area contributed by atoms with Crippen molar-refractivity contribution < 1.29 is 40.7 Å². The number of benzene rings is 3. The van der Waals surface area contributed by atoms with Crippen molar-refractivity contribution in [2.24, 2.45) is 0 Å². The first-order chi connectivity index (χ1) is 18.1. The Morgan fingerprint density at radius 2 is 1.53 bits per heavy atom. The van der Waals surface area contributed by atoms with Gasteiger partial charge in [-0.2, -0.15) is 8.42 Å². The molecule has 0 aliphatic rings. The van der Waals surface area contributed by atoms with Gasteiger partial charge < -0.3 is 27.9 Å². The fourth-order valence-electron chi connectivity index (χ4n) is 3.64. The zero-order valence-electron chi connectivity index (χ0n) is 22.2. The average molecular weight is 547 g/mol. The van der Waals surface area contributed by atoms with Gasteiger partial charge in [0.2, 0.25) is 0 Å². The van der Waals surface area contributed by atoms with Crippen LogP contribution in [0.1, 0.15) is 13.8 Å². The number of halogens is 1. The van der Waals surface area contributed by atoms with Gasteiger partial charge in [-0.25, -0.2) is 4.39 Å². The molecule has 0 heterocycles. The van der Waals surface area contributed by atoms with Crippen molar-refractivity contribution in [2.45, 2.75) is 13.8 Å². The predicted octanol–water partition coefficient (Wildman–Crippen LogP) is 5.84. The van der Waals surface area contributed by atoms with E-state index in [1.165, 1.54) is 45.6 Å². The molecule has 0 spiro atoms. The van der Waals surface area contributed by atoms with Gasteiger partial charge in [-0.3, -0.25) is 0 Å². The molecule has 0 atom stereocenters.